The summed E-state index contributed by atoms with van der Waals surface area (Å²) in [4.78, 5) is 21.3. The number of non-ortho nitro benzene ring substituents is 1. The topological polar surface area (TPSA) is 100 Å². The van der Waals surface area contributed by atoms with Crippen LogP contribution in [0.3, 0.4) is 0 Å². The van der Waals surface area contributed by atoms with Crippen molar-refractivity contribution in [1.82, 2.24) is 15.0 Å². The fourth-order valence-electron chi connectivity index (χ4n) is 1.63. The molecule has 1 heterocycles. The molecule has 0 bridgehead atoms. The van der Waals surface area contributed by atoms with E-state index in [4.69, 9.17) is 0 Å². The zero-order valence-corrected chi connectivity index (χ0v) is 10.7. The number of methoxy groups -OCH3 is 1. The summed E-state index contributed by atoms with van der Waals surface area (Å²) in [6.45, 7) is 0.516. The minimum atomic E-state index is -0.536. The van der Waals surface area contributed by atoms with E-state index in [9.17, 15) is 14.9 Å². The van der Waals surface area contributed by atoms with E-state index in [1.165, 1.54) is 30.1 Å². The molecule has 0 unspecified atom stereocenters. The van der Waals surface area contributed by atoms with E-state index in [0.717, 1.165) is 5.56 Å². The van der Waals surface area contributed by atoms with Crippen molar-refractivity contribution < 1.29 is 14.5 Å². The van der Waals surface area contributed by atoms with Crippen LogP contribution in [-0.4, -0.2) is 33.0 Å². The molecular formula is C12H12N4O4. The Kier molecular flexibility index (Phi) is 4.04. The minimum Gasteiger partial charge on any atom is -0.464 e. The first kappa shape index (κ1) is 13.7. The lowest BCUT2D eigenvalue weighted by Crippen LogP contribution is -2.03. The molecule has 0 N–H and O–H groups in total. The normalized spacial score (nSPS) is 10.2. The number of nitrogens with zero attached hydrogens (tertiary/aromatic N) is 4. The maximum atomic E-state index is 11.2. The predicted molar refractivity (Wildman–Crippen MR) is 68.2 cm³/mol. The molecule has 8 heteroatoms. The lowest BCUT2D eigenvalue weighted by molar-refractivity contribution is -0.384. The van der Waals surface area contributed by atoms with E-state index in [-0.39, 0.29) is 11.4 Å². The van der Waals surface area contributed by atoms with Crippen LogP contribution >= 0.6 is 0 Å². The van der Waals surface area contributed by atoms with Crippen molar-refractivity contribution in [2.45, 2.75) is 13.0 Å². The zero-order chi connectivity index (χ0) is 14.5. The van der Waals surface area contributed by atoms with E-state index in [0.29, 0.717) is 13.0 Å². The monoisotopic (exact) mass is 276 g/mol. The number of carbonyl (C=O) groups excluding carboxylic acids is 1. The second kappa shape index (κ2) is 5.91. The first-order chi connectivity index (χ1) is 9.60. The molecule has 0 radical (unpaired) electrons. The molecule has 0 fully saturated rings. The van der Waals surface area contributed by atoms with Crippen molar-refractivity contribution >= 4 is 11.7 Å². The van der Waals surface area contributed by atoms with Crippen LogP contribution in [0.1, 0.15) is 16.1 Å². The van der Waals surface area contributed by atoms with Crippen LogP contribution in [0.5, 0.6) is 0 Å². The number of nitro benzene ring substituents is 1. The van der Waals surface area contributed by atoms with Gasteiger partial charge in [0, 0.05) is 18.7 Å². The van der Waals surface area contributed by atoms with Gasteiger partial charge >= 0.3 is 5.97 Å². The first-order valence-corrected chi connectivity index (χ1v) is 5.82. The van der Waals surface area contributed by atoms with Gasteiger partial charge in [-0.25, -0.2) is 4.79 Å². The average Bonchev–Trinajstić information content (AvgIpc) is 2.93. The number of hydrogen-bond donors (Lipinski definition) is 0. The smallest absolute Gasteiger partial charge is 0.360 e. The van der Waals surface area contributed by atoms with Gasteiger partial charge in [-0.3, -0.25) is 14.8 Å². The Morgan fingerprint density at radius 2 is 2.10 bits per heavy atom. The van der Waals surface area contributed by atoms with E-state index in [2.05, 4.69) is 15.0 Å². The molecule has 0 saturated carbocycles. The highest BCUT2D eigenvalue weighted by Gasteiger charge is 2.10. The highest BCUT2D eigenvalue weighted by Crippen LogP contribution is 2.12. The second-order valence-electron chi connectivity index (χ2n) is 4.03. The summed E-state index contributed by atoms with van der Waals surface area (Å²) < 4.78 is 6.05. The largest absolute Gasteiger partial charge is 0.464 e. The average molecular weight is 276 g/mol. The van der Waals surface area contributed by atoms with Gasteiger partial charge in [-0.1, -0.05) is 17.3 Å². The van der Waals surface area contributed by atoms with Crippen LogP contribution in [-0.2, 0) is 17.7 Å². The van der Waals surface area contributed by atoms with Gasteiger partial charge in [-0.15, -0.1) is 5.10 Å². The van der Waals surface area contributed by atoms with E-state index in [1.54, 1.807) is 12.1 Å². The Balaban J connectivity index is 1.96. The summed E-state index contributed by atoms with van der Waals surface area (Å²) in [5.74, 6) is -0.536. The van der Waals surface area contributed by atoms with Gasteiger partial charge in [0.25, 0.3) is 5.69 Å². The molecule has 0 atom stereocenters. The molecule has 104 valence electrons. The Bertz CT molecular complexity index is 621. The van der Waals surface area contributed by atoms with E-state index >= 15 is 0 Å². The lowest BCUT2D eigenvalue weighted by Gasteiger charge is -2.01. The van der Waals surface area contributed by atoms with Gasteiger partial charge in [-0.05, 0) is 12.0 Å². The van der Waals surface area contributed by atoms with Gasteiger partial charge in [-0.2, -0.15) is 0 Å². The van der Waals surface area contributed by atoms with Gasteiger partial charge in [0.15, 0.2) is 5.69 Å². The Morgan fingerprint density at radius 1 is 1.40 bits per heavy atom. The fourth-order valence-corrected chi connectivity index (χ4v) is 1.63. The number of esters is 1. The van der Waals surface area contributed by atoms with Crippen LogP contribution in [0.25, 0.3) is 0 Å². The molecular weight excluding hydrogens is 264 g/mol. The van der Waals surface area contributed by atoms with Gasteiger partial charge < -0.3 is 4.74 Å². The molecule has 0 spiro atoms. The number of nitro groups is 1. The molecule has 20 heavy (non-hydrogen) atoms. The van der Waals surface area contributed by atoms with Crippen molar-refractivity contribution in [2.24, 2.45) is 0 Å². The van der Waals surface area contributed by atoms with E-state index in [1.807, 2.05) is 0 Å². The van der Waals surface area contributed by atoms with Crippen molar-refractivity contribution in [3.8, 4) is 0 Å². The van der Waals surface area contributed by atoms with Crippen LogP contribution in [0, 0.1) is 10.1 Å². The SMILES string of the molecule is COC(=O)c1cn(CCc2ccc([N+](=O)[O-])cc2)nn1. The van der Waals surface area contributed by atoms with Gasteiger partial charge in [0.2, 0.25) is 0 Å². The minimum absolute atomic E-state index is 0.0579. The third kappa shape index (κ3) is 3.16. The maximum Gasteiger partial charge on any atom is 0.360 e. The predicted octanol–water partition coefficient (Wildman–Crippen LogP) is 1.22. The molecule has 1 aromatic heterocycles. The van der Waals surface area contributed by atoms with Crippen molar-refractivity contribution in [3.05, 3.63) is 51.8 Å². The number of carbonyl (C=O) groups is 1. The van der Waals surface area contributed by atoms with Crippen molar-refractivity contribution in [2.75, 3.05) is 7.11 Å². The van der Waals surface area contributed by atoms with Gasteiger partial charge in [0.1, 0.15) is 0 Å². The quantitative estimate of drug-likeness (QED) is 0.462. The van der Waals surface area contributed by atoms with Crippen molar-refractivity contribution in [1.29, 1.82) is 0 Å². The maximum absolute atomic E-state index is 11.2. The third-order valence-corrected chi connectivity index (χ3v) is 2.71. The first-order valence-electron chi connectivity index (χ1n) is 5.82. The van der Waals surface area contributed by atoms with E-state index < -0.39 is 10.9 Å². The molecule has 2 aromatic rings. The van der Waals surface area contributed by atoms with Crippen LogP contribution in [0.15, 0.2) is 30.5 Å². The number of ether oxygens (including phenoxy) is 1. The Hall–Kier alpha value is -2.77. The third-order valence-electron chi connectivity index (χ3n) is 2.71. The summed E-state index contributed by atoms with van der Waals surface area (Å²) in [6, 6.07) is 6.29. The second-order valence-corrected chi connectivity index (χ2v) is 4.03. The molecule has 1 aromatic carbocycles. The molecule has 0 aliphatic carbocycles. The number of benzene rings is 1. The number of aryl methyl sites for hydroxylation is 2. The highest BCUT2D eigenvalue weighted by molar-refractivity contribution is 5.86. The summed E-state index contributed by atoms with van der Waals surface area (Å²) >= 11 is 0. The number of hydrogen-bond acceptors (Lipinski definition) is 6. The number of aromatic nitrogens is 3. The Morgan fingerprint density at radius 3 is 2.70 bits per heavy atom. The van der Waals surface area contributed by atoms with Crippen LogP contribution in [0.2, 0.25) is 0 Å². The molecule has 0 aliphatic heterocycles. The molecule has 0 aliphatic rings. The highest BCUT2D eigenvalue weighted by atomic mass is 16.6. The summed E-state index contributed by atoms with van der Waals surface area (Å²) in [7, 11) is 1.28. The summed E-state index contributed by atoms with van der Waals surface area (Å²) in [6.07, 6.45) is 2.12. The summed E-state index contributed by atoms with van der Waals surface area (Å²) in [5, 5.41) is 18.0. The lowest BCUT2D eigenvalue weighted by atomic mass is 10.1. The standard InChI is InChI=1S/C12H12N4O4/c1-20-12(17)11-8-15(14-13-11)7-6-9-2-4-10(5-3-9)16(18)19/h2-5,8H,6-7H2,1H3. The number of rotatable bonds is 5. The molecule has 0 amide bonds. The zero-order valence-electron chi connectivity index (χ0n) is 10.7. The van der Waals surface area contributed by atoms with Crippen molar-refractivity contribution in [3.63, 3.8) is 0 Å². The van der Waals surface area contributed by atoms with Crippen LogP contribution in [0.4, 0.5) is 5.69 Å². The molecule has 8 nitrogen and oxygen atoms in total. The van der Waals surface area contributed by atoms with Crippen LogP contribution < -0.4 is 0 Å². The fraction of sp³-hybridized carbons (Fsp3) is 0.250. The summed E-state index contributed by atoms with van der Waals surface area (Å²) in [5.41, 5.74) is 1.14. The molecule has 2 rings (SSSR count). The van der Waals surface area contributed by atoms with Gasteiger partial charge in [0.05, 0.1) is 18.2 Å². The molecule has 0 saturated heterocycles. The Labute approximate surface area is 114 Å².